The molecule has 1 N–H and O–H groups in total. The van der Waals surface area contributed by atoms with Crippen LogP contribution in [0.25, 0.3) is 10.8 Å². The Hall–Kier alpha value is -4.08. The fraction of sp³-hybridized carbons (Fsp3) is 0.375. The van der Waals surface area contributed by atoms with E-state index in [0.717, 1.165) is 65.2 Å². The van der Waals surface area contributed by atoms with Crippen LogP contribution in [0.1, 0.15) is 24.0 Å². The number of amides is 1. The maximum absolute atomic E-state index is 12.7. The zero-order chi connectivity index (χ0) is 28.7. The molecule has 3 aromatic rings. The molecule has 0 aliphatic heterocycles. The van der Waals surface area contributed by atoms with Crippen molar-refractivity contribution < 1.29 is 38.0 Å². The number of hydrogen-bond donors (Lipinski definition) is 1. The Labute approximate surface area is 240 Å². The number of hydrogen-bond acceptors (Lipinski definition) is 8. The van der Waals surface area contributed by atoms with Crippen LogP contribution < -0.4 is 19.5 Å². The predicted octanol–water partition coefficient (Wildman–Crippen LogP) is 5.03. The zero-order valence-electron chi connectivity index (χ0n) is 23.2. The van der Waals surface area contributed by atoms with Crippen LogP contribution in [-0.4, -0.2) is 64.9 Å². The minimum absolute atomic E-state index is 0.159. The number of rotatable bonds is 16. The number of nitrogens with one attached hydrogen (secondary N) is 1. The van der Waals surface area contributed by atoms with E-state index in [-0.39, 0.29) is 13.2 Å². The van der Waals surface area contributed by atoms with Crippen molar-refractivity contribution in [2.24, 2.45) is 0 Å². The maximum atomic E-state index is 12.7. The topological polar surface area (TPSA) is 102 Å². The molecule has 1 aliphatic carbocycles. The van der Waals surface area contributed by atoms with Gasteiger partial charge in [-0.2, -0.15) is 0 Å². The van der Waals surface area contributed by atoms with Crippen molar-refractivity contribution in [3.8, 4) is 17.2 Å². The van der Waals surface area contributed by atoms with Gasteiger partial charge in [0.25, 0.3) is 0 Å². The fourth-order valence-corrected chi connectivity index (χ4v) is 4.65. The molecule has 41 heavy (non-hydrogen) atoms. The smallest absolute Gasteiger partial charge is 0.412 e. The third-order valence-corrected chi connectivity index (χ3v) is 6.50. The van der Waals surface area contributed by atoms with Gasteiger partial charge in [0.2, 0.25) is 0 Å². The first kappa shape index (κ1) is 29.9. The van der Waals surface area contributed by atoms with Crippen LogP contribution in [0.15, 0.2) is 67.3 Å². The lowest BCUT2D eigenvalue weighted by Crippen LogP contribution is -2.31. The van der Waals surface area contributed by atoms with E-state index < -0.39 is 12.1 Å². The van der Waals surface area contributed by atoms with E-state index in [1.54, 1.807) is 0 Å². The highest BCUT2D eigenvalue weighted by Gasteiger charge is 2.25. The van der Waals surface area contributed by atoms with Gasteiger partial charge in [-0.25, -0.2) is 9.59 Å². The molecule has 1 aliphatic rings. The van der Waals surface area contributed by atoms with E-state index in [2.05, 4.69) is 11.9 Å². The standard InChI is InChI=1S/C32H37NO8/c1-2-29(34)39-21-20-37-19-18-36-17-16-33-32(35)41-31-27-14-8-6-12-25(27)30(26-13-7-9-15-28(26)31)40-23-22-38-24-10-4-3-5-11-24/h2-6,8,10-12,14H,1,7,9,13,15-23H2,(H,33,35). The summed E-state index contributed by atoms with van der Waals surface area (Å²) in [5.74, 6) is 1.76. The van der Waals surface area contributed by atoms with Crippen LogP contribution in [0, 0.1) is 0 Å². The Morgan fingerprint density at radius 1 is 0.732 bits per heavy atom. The minimum atomic E-state index is -0.531. The maximum Gasteiger partial charge on any atom is 0.412 e. The summed E-state index contributed by atoms with van der Waals surface area (Å²) in [7, 11) is 0. The number of fused-ring (bicyclic) bond motifs is 2. The number of para-hydroxylation sites is 1. The fourth-order valence-electron chi connectivity index (χ4n) is 4.65. The Morgan fingerprint density at radius 3 is 2.07 bits per heavy atom. The van der Waals surface area contributed by atoms with Crippen molar-refractivity contribution in [2.45, 2.75) is 25.7 Å². The second-order valence-electron chi connectivity index (χ2n) is 9.29. The van der Waals surface area contributed by atoms with Gasteiger partial charge in [0, 0.05) is 34.5 Å². The van der Waals surface area contributed by atoms with Gasteiger partial charge >= 0.3 is 12.1 Å². The van der Waals surface area contributed by atoms with E-state index in [1.807, 2.05) is 54.6 Å². The number of benzene rings is 3. The second-order valence-corrected chi connectivity index (χ2v) is 9.29. The molecule has 9 nitrogen and oxygen atoms in total. The van der Waals surface area contributed by atoms with Crippen molar-refractivity contribution in [2.75, 3.05) is 52.8 Å². The van der Waals surface area contributed by atoms with Gasteiger partial charge in [0.05, 0.1) is 26.4 Å². The number of esters is 1. The summed E-state index contributed by atoms with van der Waals surface area (Å²) in [4.78, 5) is 23.7. The summed E-state index contributed by atoms with van der Waals surface area (Å²) in [5.41, 5.74) is 2.12. The molecule has 1 amide bonds. The molecule has 0 bridgehead atoms. The summed E-state index contributed by atoms with van der Waals surface area (Å²) in [6.45, 7) is 5.88. The van der Waals surface area contributed by atoms with E-state index in [0.29, 0.717) is 45.3 Å². The monoisotopic (exact) mass is 563 g/mol. The molecule has 0 aromatic heterocycles. The molecular weight excluding hydrogens is 526 g/mol. The largest absolute Gasteiger partial charge is 0.490 e. The van der Waals surface area contributed by atoms with Gasteiger partial charge in [-0.3, -0.25) is 0 Å². The van der Waals surface area contributed by atoms with Crippen LogP contribution in [0.3, 0.4) is 0 Å². The van der Waals surface area contributed by atoms with Crippen molar-refractivity contribution in [1.82, 2.24) is 5.32 Å². The molecule has 0 radical (unpaired) electrons. The van der Waals surface area contributed by atoms with Crippen LogP contribution in [0.2, 0.25) is 0 Å². The molecule has 9 heteroatoms. The average Bonchev–Trinajstić information content (AvgIpc) is 3.01. The summed E-state index contributed by atoms with van der Waals surface area (Å²) in [6.07, 6.45) is 4.32. The molecular formula is C32H37NO8. The lowest BCUT2D eigenvalue weighted by atomic mass is 9.87. The minimum Gasteiger partial charge on any atom is -0.490 e. The first-order valence-corrected chi connectivity index (χ1v) is 13.9. The molecule has 0 atom stereocenters. The van der Waals surface area contributed by atoms with Gasteiger partial charge < -0.3 is 33.7 Å². The molecule has 3 aromatic carbocycles. The Balaban J connectivity index is 1.29. The van der Waals surface area contributed by atoms with Crippen molar-refractivity contribution in [3.63, 3.8) is 0 Å². The van der Waals surface area contributed by atoms with Gasteiger partial charge in [-0.15, -0.1) is 0 Å². The third-order valence-electron chi connectivity index (χ3n) is 6.50. The zero-order valence-corrected chi connectivity index (χ0v) is 23.2. The first-order chi connectivity index (χ1) is 20.2. The molecule has 0 saturated heterocycles. The Morgan fingerprint density at radius 2 is 1.34 bits per heavy atom. The van der Waals surface area contributed by atoms with Crippen molar-refractivity contribution in [1.29, 1.82) is 0 Å². The summed E-state index contributed by atoms with van der Waals surface area (Å²) >= 11 is 0. The highest BCUT2D eigenvalue weighted by atomic mass is 16.6. The summed E-state index contributed by atoms with van der Waals surface area (Å²) < 4.78 is 33.7. The quantitative estimate of drug-likeness (QED) is 0.147. The SMILES string of the molecule is C=CC(=O)OCCOCCOCCNC(=O)Oc1c2c(c(OCCOc3ccccc3)c3ccccc13)CCCC2. The highest BCUT2D eigenvalue weighted by Crippen LogP contribution is 2.44. The van der Waals surface area contributed by atoms with Gasteiger partial charge in [-0.05, 0) is 37.8 Å². The molecule has 0 fully saturated rings. The average molecular weight is 564 g/mol. The predicted molar refractivity (Wildman–Crippen MR) is 155 cm³/mol. The van der Waals surface area contributed by atoms with E-state index in [1.165, 1.54) is 0 Å². The number of carbonyl (C=O) groups excluding carboxylic acids is 2. The lowest BCUT2D eigenvalue weighted by Gasteiger charge is -2.25. The molecule has 0 saturated carbocycles. The van der Waals surface area contributed by atoms with Crippen LogP contribution in [-0.2, 0) is 31.8 Å². The van der Waals surface area contributed by atoms with Crippen molar-refractivity contribution in [3.05, 3.63) is 78.4 Å². The van der Waals surface area contributed by atoms with Crippen molar-refractivity contribution >= 4 is 22.8 Å². The van der Waals surface area contributed by atoms with E-state index in [9.17, 15) is 9.59 Å². The van der Waals surface area contributed by atoms with Gasteiger partial charge in [-0.1, -0.05) is 49.0 Å². The van der Waals surface area contributed by atoms with Crippen LogP contribution >= 0.6 is 0 Å². The highest BCUT2D eigenvalue weighted by molar-refractivity contribution is 5.97. The molecule has 0 spiro atoms. The number of carbonyl (C=O) groups is 2. The van der Waals surface area contributed by atoms with Gasteiger partial charge in [0.1, 0.15) is 37.1 Å². The molecule has 0 heterocycles. The normalized spacial score (nSPS) is 12.3. The third kappa shape index (κ3) is 8.96. The summed E-state index contributed by atoms with van der Waals surface area (Å²) in [6, 6.07) is 17.5. The Kier molecular flexibility index (Phi) is 11.8. The molecule has 4 rings (SSSR count). The van der Waals surface area contributed by atoms with E-state index >= 15 is 0 Å². The number of ether oxygens (including phenoxy) is 6. The second kappa shape index (κ2) is 16.2. The van der Waals surface area contributed by atoms with Crippen LogP contribution in [0.5, 0.6) is 17.2 Å². The van der Waals surface area contributed by atoms with Gasteiger partial charge in [0.15, 0.2) is 0 Å². The summed E-state index contributed by atoms with van der Waals surface area (Å²) in [5, 5.41) is 4.52. The Bertz CT molecular complexity index is 1290. The molecule has 218 valence electrons. The molecule has 0 unspecified atom stereocenters. The van der Waals surface area contributed by atoms with Crippen LogP contribution in [0.4, 0.5) is 4.79 Å². The van der Waals surface area contributed by atoms with E-state index in [4.69, 9.17) is 28.4 Å². The first-order valence-electron chi connectivity index (χ1n) is 13.9. The lowest BCUT2D eigenvalue weighted by molar-refractivity contribution is -0.139.